The van der Waals surface area contributed by atoms with E-state index in [9.17, 15) is 24.0 Å². The SMILES string of the molecule is COC(=O)C[C@]1(C(=O)OC)[C@H](C(=O)OC)N2[C@H]3CC(=O)N2[C@]1(C(=O)OC)O[C@H](COCc1ccccc1)[C@H]3OCc1ccccc1. The van der Waals surface area contributed by atoms with E-state index in [4.69, 9.17) is 33.2 Å². The standard InChI is InChI=1S/C32H36N2O12/c1-40-25(36)16-31(29(38)42-3)27(28(37)41-2)33-22-15-24(35)34(33)32(31,30(39)43-4)46-23(19-44-17-20-11-7-5-8-12-20)26(22)45-18-21-13-9-6-10-14-21/h5-14,22-23,26-27H,15-19H2,1-4H3/t22-,23+,26-,27-,31+,32+/m0/s1. The predicted molar refractivity (Wildman–Crippen MR) is 155 cm³/mol. The molecule has 0 saturated carbocycles. The number of carbonyl (C=O) groups excluding carboxylic acids is 5. The highest BCUT2D eigenvalue weighted by Gasteiger charge is 2.85. The lowest BCUT2D eigenvalue weighted by atomic mass is 9.68. The molecule has 0 aromatic heterocycles. The summed E-state index contributed by atoms with van der Waals surface area (Å²) < 4.78 is 39.5. The van der Waals surface area contributed by atoms with Crippen molar-refractivity contribution < 1.29 is 57.1 Å². The molecule has 246 valence electrons. The minimum atomic E-state index is -2.74. The van der Waals surface area contributed by atoms with Crippen LogP contribution in [0.25, 0.3) is 0 Å². The van der Waals surface area contributed by atoms with E-state index >= 15 is 0 Å². The molecule has 3 heterocycles. The van der Waals surface area contributed by atoms with Crippen molar-refractivity contribution in [3.05, 3.63) is 71.8 Å². The first kappa shape index (κ1) is 33.0. The van der Waals surface area contributed by atoms with Gasteiger partial charge in [0, 0.05) is 6.42 Å². The Morgan fingerprint density at radius 2 is 1.43 bits per heavy atom. The van der Waals surface area contributed by atoms with Gasteiger partial charge in [-0.3, -0.25) is 19.2 Å². The molecule has 3 aliphatic heterocycles. The van der Waals surface area contributed by atoms with Crippen LogP contribution in [0.3, 0.4) is 0 Å². The van der Waals surface area contributed by atoms with E-state index in [1.807, 2.05) is 60.7 Å². The van der Waals surface area contributed by atoms with E-state index in [1.165, 1.54) is 5.01 Å². The molecule has 1 amide bonds. The van der Waals surface area contributed by atoms with E-state index in [-0.39, 0.29) is 26.2 Å². The second kappa shape index (κ2) is 13.5. The average Bonchev–Trinajstić information content (AvgIpc) is 3.50. The van der Waals surface area contributed by atoms with Crippen LogP contribution in [0.2, 0.25) is 0 Å². The van der Waals surface area contributed by atoms with Crippen molar-refractivity contribution in [3.63, 3.8) is 0 Å². The highest BCUT2D eigenvalue weighted by atomic mass is 16.6. The van der Waals surface area contributed by atoms with Crippen molar-refractivity contribution in [2.45, 2.75) is 56.1 Å². The molecule has 3 fully saturated rings. The Kier molecular flexibility index (Phi) is 9.72. The summed E-state index contributed by atoms with van der Waals surface area (Å²) in [6.45, 7) is 0.0439. The monoisotopic (exact) mass is 640 g/mol. The fraction of sp³-hybridized carbons (Fsp3) is 0.469. The molecule has 0 spiro atoms. The molecule has 5 rings (SSSR count). The molecule has 3 saturated heterocycles. The Hall–Kier alpha value is -4.37. The van der Waals surface area contributed by atoms with E-state index < -0.39 is 71.6 Å². The number of ether oxygens (including phenoxy) is 7. The molecule has 46 heavy (non-hydrogen) atoms. The van der Waals surface area contributed by atoms with E-state index in [0.29, 0.717) is 0 Å². The number of rotatable bonds is 12. The number of nitrogens with zero attached hydrogens (tertiary/aromatic N) is 2. The highest BCUT2D eigenvalue weighted by Crippen LogP contribution is 2.60. The van der Waals surface area contributed by atoms with Crippen molar-refractivity contribution >= 4 is 29.8 Å². The zero-order chi connectivity index (χ0) is 33.1. The van der Waals surface area contributed by atoms with Crippen molar-refractivity contribution in [3.8, 4) is 0 Å². The molecule has 0 aliphatic carbocycles. The van der Waals surface area contributed by atoms with Crippen LogP contribution >= 0.6 is 0 Å². The van der Waals surface area contributed by atoms with Crippen LogP contribution in [0.15, 0.2) is 60.7 Å². The summed E-state index contributed by atoms with van der Waals surface area (Å²) in [4.78, 5) is 68.9. The summed E-state index contributed by atoms with van der Waals surface area (Å²) in [5.41, 5.74) is -3.62. The molecule has 14 heteroatoms. The van der Waals surface area contributed by atoms with E-state index in [2.05, 4.69) is 0 Å². The van der Waals surface area contributed by atoms with Crippen LogP contribution in [0.1, 0.15) is 24.0 Å². The maximum absolute atomic E-state index is 14.2. The van der Waals surface area contributed by atoms with Gasteiger partial charge in [-0.2, -0.15) is 5.01 Å². The summed E-state index contributed by atoms with van der Waals surface area (Å²) in [5, 5.41) is 2.14. The normalized spacial score (nSPS) is 29.5. The minimum Gasteiger partial charge on any atom is -0.469 e. The first-order valence-corrected chi connectivity index (χ1v) is 14.6. The predicted octanol–water partition coefficient (Wildman–Crippen LogP) is 1.15. The molecular formula is C32H36N2O12. The van der Waals surface area contributed by atoms with Gasteiger partial charge in [0.15, 0.2) is 5.41 Å². The van der Waals surface area contributed by atoms with E-state index in [0.717, 1.165) is 44.6 Å². The number of methoxy groups -OCH3 is 4. The number of hydrazine groups is 1. The third-order valence-electron chi connectivity index (χ3n) is 8.66. The van der Waals surface area contributed by atoms with Crippen molar-refractivity contribution in [2.75, 3.05) is 35.0 Å². The number of benzene rings is 2. The maximum Gasteiger partial charge on any atom is 0.362 e. The van der Waals surface area contributed by atoms with Gasteiger partial charge < -0.3 is 33.2 Å². The van der Waals surface area contributed by atoms with Crippen molar-refractivity contribution in [1.82, 2.24) is 10.0 Å². The highest BCUT2D eigenvalue weighted by molar-refractivity contribution is 6.03. The fourth-order valence-electron chi connectivity index (χ4n) is 6.71. The van der Waals surface area contributed by atoms with Crippen LogP contribution in [0, 0.1) is 5.41 Å². The zero-order valence-corrected chi connectivity index (χ0v) is 25.9. The lowest BCUT2D eigenvalue weighted by Crippen LogP contribution is -2.70. The third kappa shape index (κ3) is 5.30. The Morgan fingerprint density at radius 3 is 2.00 bits per heavy atom. The van der Waals surface area contributed by atoms with Crippen LogP contribution < -0.4 is 0 Å². The number of esters is 4. The summed E-state index contributed by atoms with van der Waals surface area (Å²) in [6.07, 6.45) is -3.29. The summed E-state index contributed by atoms with van der Waals surface area (Å²) in [5.74, 6) is -5.14. The first-order valence-electron chi connectivity index (χ1n) is 14.6. The van der Waals surface area contributed by atoms with Crippen molar-refractivity contribution in [2.24, 2.45) is 5.41 Å². The molecule has 1 unspecified atom stereocenters. The molecule has 2 aromatic rings. The molecule has 0 N–H and O–H groups in total. The second-order valence-corrected chi connectivity index (χ2v) is 11.1. The van der Waals surface area contributed by atoms with Gasteiger partial charge in [-0.15, -0.1) is 0 Å². The number of hydrogen-bond acceptors (Lipinski definition) is 13. The van der Waals surface area contributed by atoms with Crippen molar-refractivity contribution in [1.29, 1.82) is 0 Å². The van der Waals surface area contributed by atoms with Gasteiger partial charge in [0.05, 0.1) is 60.7 Å². The topological polar surface area (TPSA) is 156 Å². The Bertz CT molecular complexity index is 1460. The smallest absolute Gasteiger partial charge is 0.362 e. The number of carbonyl (C=O) groups is 5. The quantitative estimate of drug-likeness (QED) is 0.241. The lowest BCUT2D eigenvalue weighted by Gasteiger charge is -2.46. The van der Waals surface area contributed by atoms with Crippen LogP contribution in [0.5, 0.6) is 0 Å². The summed E-state index contributed by atoms with van der Waals surface area (Å²) >= 11 is 0. The Morgan fingerprint density at radius 1 is 0.826 bits per heavy atom. The van der Waals surface area contributed by atoms with Gasteiger partial charge in [0.2, 0.25) is 5.91 Å². The Balaban J connectivity index is 1.69. The summed E-state index contributed by atoms with van der Waals surface area (Å²) in [7, 11) is 4.20. The minimum absolute atomic E-state index is 0.0704. The molecule has 4 bridgehead atoms. The van der Waals surface area contributed by atoms with E-state index in [1.54, 1.807) is 0 Å². The van der Waals surface area contributed by atoms with Gasteiger partial charge in [0.25, 0.3) is 5.72 Å². The van der Waals surface area contributed by atoms with Gasteiger partial charge >= 0.3 is 23.9 Å². The van der Waals surface area contributed by atoms with Crippen LogP contribution in [-0.4, -0.2) is 105 Å². The maximum atomic E-state index is 14.2. The molecule has 0 radical (unpaired) electrons. The van der Waals surface area contributed by atoms with Gasteiger partial charge in [-0.1, -0.05) is 60.7 Å². The number of amides is 1. The fourth-order valence-corrected chi connectivity index (χ4v) is 6.71. The average molecular weight is 641 g/mol. The van der Waals surface area contributed by atoms with Crippen LogP contribution in [-0.2, 0) is 70.3 Å². The van der Waals surface area contributed by atoms with Gasteiger partial charge in [-0.25, -0.2) is 9.80 Å². The molecule has 7 atom stereocenters. The van der Waals surface area contributed by atoms with Gasteiger partial charge in [0.1, 0.15) is 18.2 Å². The molecule has 14 nitrogen and oxygen atoms in total. The van der Waals surface area contributed by atoms with Gasteiger partial charge in [-0.05, 0) is 11.1 Å². The first-order chi connectivity index (χ1) is 22.2. The lowest BCUT2D eigenvalue weighted by molar-refractivity contribution is -0.258. The molecular weight excluding hydrogens is 604 g/mol. The molecule has 3 aliphatic rings. The third-order valence-corrected chi connectivity index (χ3v) is 8.66. The van der Waals surface area contributed by atoms with Crippen LogP contribution in [0.4, 0.5) is 0 Å². The number of hydrogen-bond donors (Lipinski definition) is 0. The molecule has 2 aromatic carbocycles. The zero-order valence-electron chi connectivity index (χ0n) is 25.9. The second-order valence-electron chi connectivity index (χ2n) is 11.1. The summed E-state index contributed by atoms with van der Waals surface area (Å²) in [6, 6.07) is 15.8. The Labute approximate surface area is 265 Å². The largest absolute Gasteiger partial charge is 0.469 e.